The predicted molar refractivity (Wildman–Crippen MR) is 71.0 cm³/mol. The molecule has 6 heteroatoms. The average Bonchev–Trinajstić information content (AvgIpc) is 2.37. The summed E-state index contributed by atoms with van der Waals surface area (Å²) in [6.07, 6.45) is 0. The van der Waals surface area contributed by atoms with E-state index in [0.29, 0.717) is 6.54 Å². The Kier molecular flexibility index (Phi) is 5.29. The molecule has 0 bridgehead atoms. The quantitative estimate of drug-likeness (QED) is 0.547. The first-order valence-corrected chi connectivity index (χ1v) is 6.03. The van der Waals surface area contributed by atoms with Crippen LogP contribution in [0.25, 0.3) is 0 Å². The number of carbonyl (C=O) groups excluding carboxylic acids is 2. The lowest BCUT2D eigenvalue weighted by Crippen LogP contribution is -2.36. The fourth-order valence-corrected chi connectivity index (χ4v) is 1.40. The van der Waals surface area contributed by atoms with Crippen molar-refractivity contribution in [2.24, 2.45) is 5.92 Å². The highest BCUT2D eigenvalue weighted by Crippen LogP contribution is 2.15. The van der Waals surface area contributed by atoms with Gasteiger partial charge < -0.3 is 16.4 Å². The monoisotopic (exact) mass is 267 g/mol. The molecule has 0 aliphatic heterocycles. The SMILES string of the molecule is CC(C)C(=O)NCCNC(=O)c1cccc(F)c1N. The van der Waals surface area contributed by atoms with E-state index >= 15 is 0 Å². The molecule has 0 radical (unpaired) electrons. The third kappa shape index (κ3) is 4.24. The first kappa shape index (κ1) is 14.9. The number of carbonyl (C=O) groups is 2. The minimum absolute atomic E-state index is 0.0838. The highest BCUT2D eigenvalue weighted by molar-refractivity contribution is 5.99. The number of rotatable bonds is 5. The van der Waals surface area contributed by atoms with Crippen molar-refractivity contribution in [2.75, 3.05) is 18.8 Å². The number of nitrogens with two attached hydrogens (primary N) is 1. The molecule has 0 aromatic heterocycles. The van der Waals surface area contributed by atoms with Gasteiger partial charge >= 0.3 is 0 Å². The van der Waals surface area contributed by atoms with Gasteiger partial charge in [0.2, 0.25) is 5.91 Å². The molecular formula is C13H18FN3O2. The molecule has 5 nitrogen and oxygen atoms in total. The van der Waals surface area contributed by atoms with Gasteiger partial charge in [0.05, 0.1) is 11.3 Å². The molecule has 1 aromatic rings. The van der Waals surface area contributed by atoms with Crippen LogP contribution < -0.4 is 16.4 Å². The predicted octanol–water partition coefficient (Wildman–Crippen LogP) is 0.910. The molecule has 4 N–H and O–H groups in total. The maximum atomic E-state index is 13.2. The minimum Gasteiger partial charge on any atom is -0.396 e. The van der Waals surface area contributed by atoms with E-state index in [2.05, 4.69) is 10.6 Å². The number of hydrogen-bond donors (Lipinski definition) is 3. The Hall–Kier alpha value is -2.11. The van der Waals surface area contributed by atoms with Crippen molar-refractivity contribution in [1.29, 1.82) is 0 Å². The van der Waals surface area contributed by atoms with E-state index in [1.165, 1.54) is 18.2 Å². The summed E-state index contributed by atoms with van der Waals surface area (Å²) in [5.41, 5.74) is 5.39. The van der Waals surface area contributed by atoms with Gasteiger partial charge in [-0.3, -0.25) is 9.59 Å². The molecule has 0 aliphatic carbocycles. The smallest absolute Gasteiger partial charge is 0.253 e. The van der Waals surface area contributed by atoms with E-state index in [1.54, 1.807) is 13.8 Å². The van der Waals surface area contributed by atoms with Crippen LogP contribution in [-0.4, -0.2) is 24.9 Å². The molecule has 19 heavy (non-hydrogen) atoms. The van der Waals surface area contributed by atoms with Crippen LogP contribution in [0.4, 0.5) is 10.1 Å². The Morgan fingerprint density at radius 1 is 1.26 bits per heavy atom. The summed E-state index contributed by atoms with van der Waals surface area (Å²) in [4.78, 5) is 23.0. The molecule has 1 aromatic carbocycles. The number of nitrogen functional groups attached to an aromatic ring is 1. The average molecular weight is 267 g/mol. The largest absolute Gasteiger partial charge is 0.396 e. The van der Waals surface area contributed by atoms with Crippen LogP contribution in [0.1, 0.15) is 24.2 Å². The molecule has 0 fully saturated rings. The lowest BCUT2D eigenvalue weighted by Gasteiger charge is -2.10. The maximum absolute atomic E-state index is 13.2. The third-order valence-corrected chi connectivity index (χ3v) is 2.53. The summed E-state index contributed by atoms with van der Waals surface area (Å²) in [7, 11) is 0. The van der Waals surface area contributed by atoms with E-state index in [4.69, 9.17) is 5.73 Å². The van der Waals surface area contributed by atoms with Crippen molar-refractivity contribution >= 4 is 17.5 Å². The van der Waals surface area contributed by atoms with Gasteiger partial charge in [-0.25, -0.2) is 4.39 Å². The molecule has 0 atom stereocenters. The lowest BCUT2D eigenvalue weighted by atomic mass is 10.1. The molecule has 2 amide bonds. The number of benzene rings is 1. The molecule has 0 saturated carbocycles. The molecule has 1 rings (SSSR count). The summed E-state index contributed by atoms with van der Waals surface area (Å²) >= 11 is 0. The number of hydrogen-bond acceptors (Lipinski definition) is 3. The Balaban J connectivity index is 2.44. The summed E-state index contributed by atoms with van der Waals surface area (Å²) in [6.45, 7) is 4.13. The van der Waals surface area contributed by atoms with Crippen molar-refractivity contribution in [3.63, 3.8) is 0 Å². The van der Waals surface area contributed by atoms with Gasteiger partial charge in [-0.05, 0) is 12.1 Å². The number of amides is 2. The van der Waals surface area contributed by atoms with Gasteiger partial charge in [0.1, 0.15) is 5.82 Å². The van der Waals surface area contributed by atoms with Crippen LogP contribution in [0.3, 0.4) is 0 Å². The maximum Gasteiger partial charge on any atom is 0.253 e. The van der Waals surface area contributed by atoms with Crippen molar-refractivity contribution in [2.45, 2.75) is 13.8 Å². The number of anilines is 1. The third-order valence-electron chi connectivity index (χ3n) is 2.53. The highest BCUT2D eigenvalue weighted by Gasteiger charge is 2.12. The Morgan fingerprint density at radius 3 is 2.53 bits per heavy atom. The van der Waals surface area contributed by atoms with Crippen LogP contribution in [0.15, 0.2) is 18.2 Å². The van der Waals surface area contributed by atoms with Gasteiger partial charge in [-0.2, -0.15) is 0 Å². The fraction of sp³-hybridized carbons (Fsp3) is 0.385. The number of halogens is 1. The van der Waals surface area contributed by atoms with Crippen LogP contribution >= 0.6 is 0 Å². The topological polar surface area (TPSA) is 84.2 Å². The summed E-state index contributed by atoms with van der Waals surface area (Å²) in [5, 5.41) is 5.22. The van der Waals surface area contributed by atoms with Gasteiger partial charge in [0.25, 0.3) is 5.91 Å². The molecule has 0 aliphatic rings. The fourth-order valence-electron chi connectivity index (χ4n) is 1.40. The van der Waals surface area contributed by atoms with Crippen LogP contribution in [0, 0.1) is 11.7 Å². The van der Waals surface area contributed by atoms with E-state index in [9.17, 15) is 14.0 Å². The normalized spacial score (nSPS) is 10.3. The van der Waals surface area contributed by atoms with E-state index in [1.807, 2.05) is 0 Å². The highest BCUT2D eigenvalue weighted by atomic mass is 19.1. The Morgan fingerprint density at radius 2 is 1.89 bits per heavy atom. The van der Waals surface area contributed by atoms with E-state index in [0.717, 1.165) is 0 Å². The van der Waals surface area contributed by atoms with Crippen LogP contribution in [0.5, 0.6) is 0 Å². The summed E-state index contributed by atoms with van der Waals surface area (Å²) < 4.78 is 13.2. The second-order valence-corrected chi connectivity index (χ2v) is 4.40. The van der Waals surface area contributed by atoms with E-state index < -0.39 is 11.7 Å². The van der Waals surface area contributed by atoms with Crippen LogP contribution in [0.2, 0.25) is 0 Å². The van der Waals surface area contributed by atoms with Gasteiger partial charge in [-0.1, -0.05) is 19.9 Å². The standard InChI is InChI=1S/C13H18FN3O2/c1-8(2)12(18)16-6-7-17-13(19)9-4-3-5-10(14)11(9)15/h3-5,8H,6-7,15H2,1-2H3,(H,16,18)(H,17,19). The number of para-hydroxylation sites is 1. The number of nitrogens with one attached hydrogen (secondary N) is 2. The van der Waals surface area contributed by atoms with Crippen LogP contribution in [-0.2, 0) is 4.79 Å². The minimum atomic E-state index is -0.624. The molecular weight excluding hydrogens is 249 g/mol. The lowest BCUT2D eigenvalue weighted by molar-refractivity contribution is -0.123. The first-order chi connectivity index (χ1) is 8.93. The van der Waals surface area contributed by atoms with Gasteiger partial charge in [0, 0.05) is 19.0 Å². The van der Waals surface area contributed by atoms with Gasteiger partial charge in [0.15, 0.2) is 0 Å². The zero-order chi connectivity index (χ0) is 14.4. The van der Waals surface area contributed by atoms with Crippen molar-refractivity contribution in [3.05, 3.63) is 29.6 Å². The first-order valence-electron chi connectivity index (χ1n) is 6.03. The summed E-state index contributed by atoms with van der Waals surface area (Å²) in [5.74, 6) is -1.27. The molecule has 0 unspecified atom stereocenters. The Labute approximate surface area is 111 Å². The zero-order valence-corrected chi connectivity index (χ0v) is 11.0. The Bertz CT molecular complexity index is 475. The molecule has 0 heterocycles. The molecule has 104 valence electrons. The second kappa shape index (κ2) is 6.72. The van der Waals surface area contributed by atoms with Crippen molar-refractivity contribution in [3.8, 4) is 0 Å². The van der Waals surface area contributed by atoms with Crippen molar-refractivity contribution in [1.82, 2.24) is 10.6 Å². The van der Waals surface area contributed by atoms with Crippen molar-refractivity contribution < 1.29 is 14.0 Å². The zero-order valence-electron chi connectivity index (χ0n) is 11.0. The molecule has 0 spiro atoms. The molecule has 0 saturated heterocycles. The second-order valence-electron chi connectivity index (χ2n) is 4.40. The van der Waals surface area contributed by atoms with Gasteiger partial charge in [-0.15, -0.1) is 0 Å². The van der Waals surface area contributed by atoms with E-state index in [-0.39, 0.29) is 29.6 Å². The summed E-state index contributed by atoms with van der Waals surface area (Å²) in [6, 6.07) is 4.05.